The first-order chi connectivity index (χ1) is 10.3. The number of nitrogens with zero attached hydrogens (tertiary/aromatic N) is 1. The molecule has 3 atom stereocenters. The van der Waals surface area contributed by atoms with Gasteiger partial charge in [0.05, 0.1) is 13.2 Å². The van der Waals surface area contributed by atoms with Crippen LogP contribution < -0.4 is 15.2 Å². The second-order valence-corrected chi connectivity index (χ2v) is 6.54. The van der Waals surface area contributed by atoms with Gasteiger partial charge >= 0.3 is 0 Å². The lowest BCUT2D eigenvalue weighted by atomic mass is 10.0. The molecule has 2 N–H and O–H groups in total. The van der Waals surface area contributed by atoms with E-state index >= 15 is 0 Å². The minimum Gasteiger partial charge on any atom is -0.490 e. The molecule has 1 saturated carbocycles. The van der Waals surface area contributed by atoms with Crippen molar-refractivity contribution in [2.75, 3.05) is 26.3 Å². The van der Waals surface area contributed by atoms with E-state index in [0.29, 0.717) is 12.6 Å². The van der Waals surface area contributed by atoms with Gasteiger partial charge in [0, 0.05) is 31.6 Å². The van der Waals surface area contributed by atoms with Crippen molar-refractivity contribution in [3.63, 3.8) is 0 Å². The standard InChI is InChI=1S/C17H24N2O2/c18-10-15(19-11-12-2-4-14(19)8-12)13-3-5-16-17(9-13)21-7-1-6-20-16/h3,5,9,12,14-15H,1-2,4,6-8,10-11,18H2. The first-order valence-corrected chi connectivity index (χ1v) is 8.20. The normalized spacial score (nSPS) is 29.4. The van der Waals surface area contributed by atoms with Gasteiger partial charge in [0.1, 0.15) is 0 Å². The number of ether oxygens (including phenoxy) is 2. The van der Waals surface area contributed by atoms with Crippen LogP contribution in [0.15, 0.2) is 18.2 Å². The number of fused-ring (bicyclic) bond motifs is 3. The molecule has 2 fully saturated rings. The van der Waals surface area contributed by atoms with E-state index in [9.17, 15) is 0 Å². The van der Waals surface area contributed by atoms with Crippen molar-refractivity contribution in [2.45, 2.75) is 37.8 Å². The first-order valence-electron chi connectivity index (χ1n) is 8.20. The summed E-state index contributed by atoms with van der Waals surface area (Å²) in [6.07, 6.45) is 5.05. The SMILES string of the molecule is NCC(c1ccc2c(c1)OCCCO2)N1CC2CCC1C2. The topological polar surface area (TPSA) is 47.7 Å². The third kappa shape index (κ3) is 2.40. The summed E-state index contributed by atoms with van der Waals surface area (Å²) in [5, 5.41) is 0. The number of rotatable bonds is 3. The average molecular weight is 288 g/mol. The average Bonchev–Trinajstić information content (AvgIpc) is 3.05. The van der Waals surface area contributed by atoms with E-state index in [-0.39, 0.29) is 0 Å². The van der Waals surface area contributed by atoms with Crippen LogP contribution in [0.5, 0.6) is 11.5 Å². The maximum atomic E-state index is 6.11. The highest BCUT2D eigenvalue weighted by molar-refractivity contribution is 5.44. The molecule has 4 heteroatoms. The van der Waals surface area contributed by atoms with E-state index in [1.165, 1.54) is 31.4 Å². The third-order valence-corrected chi connectivity index (χ3v) is 5.23. The van der Waals surface area contributed by atoms with Crippen molar-refractivity contribution in [2.24, 2.45) is 11.7 Å². The number of nitrogens with two attached hydrogens (primary N) is 1. The fraction of sp³-hybridized carbons (Fsp3) is 0.647. The molecule has 2 bridgehead atoms. The van der Waals surface area contributed by atoms with E-state index < -0.39 is 0 Å². The Morgan fingerprint density at radius 3 is 2.76 bits per heavy atom. The molecule has 21 heavy (non-hydrogen) atoms. The molecule has 0 radical (unpaired) electrons. The summed E-state index contributed by atoms with van der Waals surface area (Å²) in [4.78, 5) is 2.62. The molecule has 0 aromatic heterocycles. The highest BCUT2D eigenvalue weighted by atomic mass is 16.5. The van der Waals surface area contributed by atoms with Crippen LogP contribution in [0.2, 0.25) is 0 Å². The van der Waals surface area contributed by atoms with Gasteiger partial charge in [0.25, 0.3) is 0 Å². The molecule has 3 unspecified atom stereocenters. The molecule has 0 spiro atoms. The second-order valence-electron chi connectivity index (χ2n) is 6.54. The maximum absolute atomic E-state index is 6.11. The molecule has 2 heterocycles. The number of piperidine rings is 1. The van der Waals surface area contributed by atoms with Gasteiger partial charge in [-0.2, -0.15) is 0 Å². The molecule has 114 valence electrons. The summed E-state index contributed by atoms with van der Waals surface area (Å²) in [7, 11) is 0. The van der Waals surface area contributed by atoms with Crippen LogP contribution >= 0.6 is 0 Å². The molecule has 1 aromatic rings. The minimum atomic E-state index is 0.317. The number of hydrogen-bond acceptors (Lipinski definition) is 4. The fourth-order valence-electron chi connectivity index (χ4n) is 4.19. The molecule has 2 aliphatic heterocycles. The van der Waals surface area contributed by atoms with Gasteiger partial charge in [0.2, 0.25) is 0 Å². The van der Waals surface area contributed by atoms with Crippen LogP contribution in [-0.4, -0.2) is 37.2 Å². The fourth-order valence-corrected chi connectivity index (χ4v) is 4.19. The third-order valence-electron chi connectivity index (χ3n) is 5.23. The zero-order valence-corrected chi connectivity index (χ0v) is 12.5. The number of likely N-dealkylation sites (tertiary alicyclic amines) is 1. The first kappa shape index (κ1) is 13.4. The number of benzene rings is 1. The van der Waals surface area contributed by atoms with E-state index in [1.54, 1.807) is 0 Å². The predicted molar refractivity (Wildman–Crippen MR) is 81.7 cm³/mol. The lowest BCUT2D eigenvalue weighted by Gasteiger charge is -2.34. The Hall–Kier alpha value is -1.26. The van der Waals surface area contributed by atoms with Gasteiger partial charge in [0.15, 0.2) is 11.5 Å². The van der Waals surface area contributed by atoms with Gasteiger partial charge in [-0.05, 0) is 42.9 Å². The molecule has 3 aliphatic rings. The summed E-state index contributed by atoms with van der Waals surface area (Å²) < 4.78 is 11.5. The smallest absolute Gasteiger partial charge is 0.161 e. The monoisotopic (exact) mass is 288 g/mol. The van der Waals surface area contributed by atoms with Crippen molar-refractivity contribution in [3.8, 4) is 11.5 Å². The van der Waals surface area contributed by atoms with Crippen LogP contribution in [0.3, 0.4) is 0 Å². The van der Waals surface area contributed by atoms with E-state index in [0.717, 1.165) is 43.1 Å². The Bertz CT molecular complexity index is 520. The highest BCUT2D eigenvalue weighted by Crippen LogP contribution is 2.43. The summed E-state index contributed by atoms with van der Waals surface area (Å²) in [6, 6.07) is 7.41. The van der Waals surface area contributed by atoms with Crippen LogP contribution in [0.4, 0.5) is 0 Å². The molecular weight excluding hydrogens is 264 g/mol. The molecule has 1 saturated heterocycles. The number of hydrogen-bond donors (Lipinski definition) is 1. The van der Waals surface area contributed by atoms with Crippen molar-refractivity contribution in [1.29, 1.82) is 0 Å². The minimum absolute atomic E-state index is 0.317. The van der Waals surface area contributed by atoms with Crippen LogP contribution in [-0.2, 0) is 0 Å². The Labute approximate surface area is 126 Å². The van der Waals surface area contributed by atoms with Crippen molar-refractivity contribution >= 4 is 0 Å². The molecular formula is C17H24N2O2. The van der Waals surface area contributed by atoms with E-state index in [1.807, 2.05) is 6.07 Å². The highest BCUT2D eigenvalue weighted by Gasteiger charge is 2.41. The molecule has 1 aromatic carbocycles. The lowest BCUT2D eigenvalue weighted by molar-refractivity contribution is 0.152. The molecule has 0 amide bonds. The van der Waals surface area contributed by atoms with E-state index in [2.05, 4.69) is 17.0 Å². The van der Waals surface area contributed by atoms with Gasteiger partial charge in [-0.1, -0.05) is 6.07 Å². The van der Waals surface area contributed by atoms with Gasteiger partial charge in [-0.15, -0.1) is 0 Å². The zero-order chi connectivity index (χ0) is 14.2. The molecule has 1 aliphatic carbocycles. The van der Waals surface area contributed by atoms with Crippen LogP contribution in [0.25, 0.3) is 0 Å². The molecule has 4 rings (SSSR count). The summed E-state index contributed by atoms with van der Waals surface area (Å²) in [6.45, 7) is 3.35. The predicted octanol–water partition coefficient (Wildman–Crippen LogP) is 2.33. The Kier molecular flexibility index (Phi) is 3.51. The maximum Gasteiger partial charge on any atom is 0.161 e. The Balaban J connectivity index is 1.60. The van der Waals surface area contributed by atoms with Crippen LogP contribution in [0, 0.1) is 5.92 Å². The lowest BCUT2D eigenvalue weighted by Crippen LogP contribution is -2.39. The van der Waals surface area contributed by atoms with Gasteiger partial charge < -0.3 is 15.2 Å². The quantitative estimate of drug-likeness (QED) is 0.927. The molecule has 4 nitrogen and oxygen atoms in total. The largest absolute Gasteiger partial charge is 0.490 e. The van der Waals surface area contributed by atoms with Gasteiger partial charge in [-0.3, -0.25) is 4.90 Å². The summed E-state index contributed by atoms with van der Waals surface area (Å²) >= 11 is 0. The second kappa shape index (κ2) is 5.50. The van der Waals surface area contributed by atoms with Crippen molar-refractivity contribution in [1.82, 2.24) is 4.90 Å². The van der Waals surface area contributed by atoms with Gasteiger partial charge in [-0.25, -0.2) is 0 Å². The van der Waals surface area contributed by atoms with Crippen molar-refractivity contribution < 1.29 is 9.47 Å². The summed E-state index contributed by atoms with van der Waals surface area (Å²) in [5.41, 5.74) is 7.38. The Morgan fingerprint density at radius 2 is 2.05 bits per heavy atom. The van der Waals surface area contributed by atoms with Crippen LogP contribution in [0.1, 0.15) is 37.3 Å². The summed E-state index contributed by atoms with van der Waals surface area (Å²) in [5.74, 6) is 2.65. The van der Waals surface area contributed by atoms with E-state index in [4.69, 9.17) is 15.2 Å². The Morgan fingerprint density at radius 1 is 1.19 bits per heavy atom. The van der Waals surface area contributed by atoms with Crippen molar-refractivity contribution in [3.05, 3.63) is 23.8 Å². The zero-order valence-electron chi connectivity index (χ0n) is 12.5.